The van der Waals surface area contributed by atoms with Crippen LogP contribution in [-0.2, 0) is 25.6 Å². The van der Waals surface area contributed by atoms with Crippen LogP contribution >= 0.6 is 0 Å². The molecule has 0 aliphatic rings. The number of guanidine groups is 1. The van der Waals surface area contributed by atoms with Crippen molar-refractivity contribution >= 4 is 29.7 Å². The third-order valence-corrected chi connectivity index (χ3v) is 6.22. The van der Waals surface area contributed by atoms with Crippen molar-refractivity contribution < 1.29 is 29.4 Å². The van der Waals surface area contributed by atoms with E-state index in [1.807, 2.05) is 13.8 Å². The van der Waals surface area contributed by atoms with Gasteiger partial charge in [-0.1, -0.05) is 32.4 Å². The molecule has 0 aliphatic heterocycles. The molecule has 0 saturated heterocycles. The van der Waals surface area contributed by atoms with Gasteiger partial charge in [0.1, 0.15) is 23.9 Å². The SMILES string of the molecule is CC(C)CC(NC(=O)C(CCCN=C(N)N)NC(=O)C(Cc1ccc(O)cc1)NC(=O)C(N)CCCCN)C(=O)O. The van der Waals surface area contributed by atoms with E-state index >= 15 is 0 Å². The smallest absolute Gasteiger partial charge is 0.326 e. The van der Waals surface area contributed by atoms with Crippen LogP contribution in [0.2, 0.25) is 0 Å². The minimum Gasteiger partial charge on any atom is -0.508 e. The van der Waals surface area contributed by atoms with Crippen LogP contribution in [0.5, 0.6) is 5.75 Å². The highest BCUT2D eigenvalue weighted by Gasteiger charge is 2.30. The lowest BCUT2D eigenvalue weighted by molar-refractivity contribution is -0.142. The number of nitrogens with two attached hydrogens (primary N) is 4. The number of aliphatic imine (C=N–C) groups is 1. The van der Waals surface area contributed by atoms with Gasteiger partial charge in [-0.05, 0) is 62.3 Å². The number of phenolic OH excluding ortho intramolecular Hbond substituents is 1. The Morgan fingerprint density at radius 3 is 2.00 bits per heavy atom. The highest BCUT2D eigenvalue weighted by atomic mass is 16.4. The molecule has 0 radical (unpaired) electrons. The number of nitrogens with one attached hydrogen (secondary N) is 3. The lowest BCUT2D eigenvalue weighted by Gasteiger charge is -2.26. The third kappa shape index (κ3) is 14.3. The number of carboxylic acid groups (broad SMARTS) is 1. The van der Waals surface area contributed by atoms with Gasteiger partial charge >= 0.3 is 5.97 Å². The van der Waals surface area contributed by atoms with Crippen molar-refractivity contribution in [2.45, 2.75) is 83.0 Å². The molecule has 14 nitrogen and oxygen atoms in total. The number of carbonyl (C=O) groups is 4. The van der Waals surface area contributed by atoms with Gasteiger partial charge in [-0.15, -0.1) is 0 Å². The number of rotatable bonds is 19. The molecular weight excluding hydrogens is 532 g/mol. The molecule has 4 unspecified atom stereocenters. The number of benzene rings is 1. The van der Waals surface area contributed by atoms with Crippen LogP contribution in [0.15, 0.2) is 29.3 Å². The number of unbranched alkanes of at least 4 members (excludes halogenated alkanes) is 1. The van der Waals surface area contributed by atoms with Crippen LogP contribution in [0.4, 0.5) is 0 Å². The van der Waals surface area contributed by atoms with Gasteiger partial charge in [-0.25, -0.2) is 4.79 Å². The van der Waals surface area contributed by atoms with Gasteiger partial charge in [0.15, 0.2) is 5.96 Å². The van der Waals surface area contributed by atoms with Gasteiger partial charge in [-0.3, -0.25) is 19.4 Å². The summed E-state index contributed by atoms with van der Waals surface area (Å²) in [7, 11) is 0. The summed E-state index contributed by atoms with van der Waals surface area (Å²) in [5, 5.41) is 27.0. The van der Waals surface area contributed by atoms with Gasteiger partial charge in [-0.2, -0.15) is 0 Å². The highest BCUT2D eigenvalue weighted by molar-refractivity contribution is 5.94. The predicted octanol–water partition coefficient (Wildman–Crippen LogP) is -0.970. The van der Waals surface area contributed by atoms with Gasteiger partial charge < -0.3 is 49.1 Å². The average Bonchev–Trinajstić information content (AvgIpc) is 2.90. The summed E-state index contributed by atoms with van der Waals surface area (Å²) in [6, 6.07) is 1.82. The summed E-state index contributed by atoms with van der Waals surface area (Å²) >= 11 is 0. The van der Waals surface area contributed by atoms with Crippen molar-refractivity contribution in [1.29, 1.82) is 0 Å². The summed E-state index contributed by atoms with van der Waals surface area (Å²) in [5.41, 5.74) is 22.9. The van der Waals surface area contributed by atoms with Crippen LogP contribution in [0.1, 0.15) is 57.9 Å². The summed E-state index contributed by atoms with van der Waals surface area (Å²) in [6.45, 7) is 4.30. The summed E-state index contributed by atoms with van der Waals surface area (Å²) in [4.78, 5) is 55.1. The number of phenols is 1. The maximum atomic E-state index is 13.5. The molecule has 0 spiro atoms. The number of aromatic hydroxyl groups is 1. The lowest BCUT2D eigenvalue weighted by Crippen LogP contribution is -2.57. The molecule has 1 aromatic rings. The van der Waals surface area contributed by atoms with E-state index in [0.717, 1.165) is 0 Å². The first-order valence-corrected chi connectivity index (χ1v) is 13.8. The fourth-order valence-electron chi connectivity index (χ4n) is 4.01. The predicted molar refractivity (Wildman–Crippen MR) is 155 cm³/mol. The zero-order valence-electron chi connectivity index (χ0n) is 23.8. The Morgan fingerprint density at radius 2 is 1.44 bits per heavy atom. The third-order valence-electron chi connectivity index (χ3n) is 6.22. The topological polar surface area (TPSA) is 261 Å². The maximum absolute atomic E-state index is 13.5. The zero-order chi connectivity index (χ0) is 30.9. The number of amides is 3. The molecule has 1 rings (SSSR count). The van der Waals surface area contributed by atoms with Crippen LogP contribution in [-0.4, -0.2) is 77.1 Å². The minimum atomic E-state index is -1.20. The van der Waals surface area contributed by atoms with Crippen LogP contribution in [0.3, 0.4) is 0 Å². The molecule has 3 amide bonds. The number of hydrogen-bond acceptors (Lipinski definition) is 8. The molecule has 0 bridgehead atoms. The highest BCUT2D eigenvalue weighted by Crippen LogP contribution is 2.13. The van der Waals surface area contributed by atoms with E-state index in [1.54, 1.807) is 12.1 Å². The monoisotopic (exact) mass is 578 g/mol. The van der Waals surface area contributed by atoms with Gasteiger partial charge in [0.25, 0.3) is 0 Å². The number of nitrogens with zero attached hydrogens (tertiary/aromatic N) is 1. The van der Waals surface area contributed by atoms with E-state index in [-0.39, 0.29) is 43.4 Å². The Balaban J connectivity index is 3.16. The quantitative estimate of drug-likeness (QED) is 0.0551. The molecule has 0 aromatic heterocycles. The Kier molecular flexibility index (Phi) is 15.8. The van der Waals surface area contributed by atoms with Gasteiger partial charge in [0, 0.05) is 13.0 Å². The first-order valence-electron chi connectivity index (χ1n) is 13.8. The van der Waals surface area contributed by atoms with Crippen molar-refractivity contribution in [3.63, 3.8) is 0 Å². The van der Waals surface area contributed by atoms with Crippen molar-refractivity contribution in [3.8, 4) is 5.75 Å². The summed E-state index contributed by atoms with van der Waals surface area (Å²) < 4.78 is 0. The molecule has 0 fully saturated rings. The second kappa shape index (κ2) is 18.4. The zero-order valence-corrected chi connectivity index (χ0v) is 23.8. The molecule has 0 aliphatic carbocycles. The molecule has 41 heavy (non-hydrogen) atoms. The molecule has 0 heterocycles. The van der Waals surface area contributed by atoms with E-state index in [2.05, 4.69) is 20.9 Å². The summed E-state index contributed by atoms with van der Waals surface area (Å²) in [5.74, 6) is -3.20. The second-order valence-electron chi connectivity index (χ2n) is 10.4. The van der Waals surface area contributed by atoms with Gasteiger partial charge in [0.2, 0.25) is 17.7 Å². The van der Waals surface area contributed by atoms with Crippen LogP contribution < -0.4 is 38.9 Å². The fraction of sp³-hybridized carbons (Fsp3) is 0.593. The Morgan fingerprint density at radius 1 is 0.854 bits per heavy atom. The Labute approximate surface area is 240 Å². The van der Waals surface area contributed by atoms with Gasteiger partial charge in [0.05, 0.1) is 6.04 Å². The van der Waals surface area contributed by atoms with E-state index in [0.29, 0.717) is 37.8 Å². The average molecular weight is 579 g/mol. The number of hydrogen-bond donors (Lipinski definition) is 9. The molecule has 13 N–H and O–H groups in total. The number of carboxylic acids is 1. The van der Waals surface area contributed by atoms with E-state index in [1.165, 1.54) is 12.1 Å². The van der Waals surface area contributed by atoms with Crippen molar-refractivity contribution in [2.75, 3.05) is 13.1 Å². The second-order valence-corrected chi connectivity index (χ2v) is 10.4. The fourth-order valence-corrected chi connectivity index (χ4v) is 4.01. The first kappa shape index (κ1) is 35.1. The molecule has 4 atom stereocenters. The number of aliphatic carboxylic acids is 1. The molecular formula is C27H46N8O6. The summed E-state index contributed by atoms with van der Waals surface area (Å²) in [6.07, 6.45) is 2.35. The number of carbonyl (C=O) groups excluding carboxylic acids is 3. The van der Waals surface area contributed by atoms with E-state index < -0.39 is 47.9 Å². The minimum absolute atomic E-state index is 0.00901. The van der Waals surface area contributed by atoms with E-state index in [9.17, 15) is 29.4 Å². The molecule has 230 valence electrons. The van der Waals surface area contributed by atoms with Crippen molar-refractivity contribution in [3.05, 3.63) is 29.8 Å². The van der Waals surface area contributed by atoms with Crippen molar-refractivity contribution in [2.24, 2.45) is 33.8 Å². The first-order chi connectivity index (χ1) is 19.3. The van der Waals surface area contributed by atoms with Crippen molar-refractivity contribution in [1.82, 2.24) is 16.0 Å². The van der Waals surface area contributed by atoms with Crippen LogP contribution in [0, 0.1) is 5.92 Å². The Hall–Kier alpha value is -3.91. The standard InChI is InChI=1S/C27H46N8O6/c1-16(2)14-22(26(40)41)35-24(38)20(7-5-13-32-27(30)31)33-25(39)21(15-17-8-10-18(36)11-9-17)34-23(37)19(29)6-3-4-12-28/h8-11,16,19-22,36H,3-7,12-15,28-29H2,1-2H3,(H,33,39)(H,34,37)(H,35,38)(H,40,41)(H4,30,31,32). The molecule has 1 aromatic carbocycles. The maximum Gasteiger partial charge on any atom is 0.326 e. The largest absolute Gasteiger partial charge is 0.508 e. The normalized spacial score (nSPS) is 13.9. The van der Waals surface area contributed by atoms with E-state index in [4.69, 9.17) is 22.9 Å². The molecule has 0 saturated carbocycles. The van der Waals surface area contributed by atoms with Crippen LogP contribution in [0.25, 0.3) is 0 Å². The molecule has 14 heteroatoms. The lowest BCUT2D eigenvalue weighted by atomic mass is 10.0. The Bertz CT molecular complexity index is 1010.